The SMILES string of the molecule is O=CC=Cc1coc2ccc(Br)cc2c1=O. The van der Waals surface area contributed by atoms with Gasteiger partial charge in [-0.2, -0.15) is 0 Å². The Labute approximate surface area is 99.5 Å². The first-order chi connectivity index (χ1) is 7.72. The second kappa shape index (κ2) is 4.45. The number of benzene rings is 1. The second-order valence-corrected chi connectivity index (χ2v) is 4.07. The van der Waals surface area contributed by atoms with Crippen LogP contribution in [0.15, 0.2) is 44.2 Å². The van der Waals surface area contributed by atoms with E-state index in [9.17, 15) is 9.59 Å². The molecule has 0 aliphatic carbocycles. The van der Waals surface area contributed by atoms with Gasteiger partial charge in [-0.1, -0.05) is 15.9 Å². The summed E-state index contributed by atoms with van der Waals surface area (Å²) in [5.41, 5.74) is 0.731. The van der Waals surface area contributed by atoms with E-state index in [2.05, 4.69) is 15.9 Å². The number of aldehydes is 1. The Bertz CT molecular complexity index is 626. The molecule has 0 bridgehead atoms. The highest BCUT2D eigenvalue weighted by Gasteiger charge is 2.04. The van der Waals surface area contributed by atoms with Crippen LogP contribution >= 0.6 is 15.9 Å². The van der Waals surface area contributed by atoms with Crippen molar-refractivity contribution in [3.05, 3.63) is 50.8 Å². The highest BCUT2D eigenvalue weighted by molar-refractivity contribution is 9.10. The smallest absolute Gasteiger partial charge is 0.199 e. The van der Waals surface area contributed by atoms with Gasteiger partial charge in [0.2, 0.25) is 0 Å². The summed E-state index contributed by atoms with van der Waals surface area (Å²) < 4.78 is 6.10. The van der Waals surface area contributed by atoms with E-state index < -0.39 is 0 Å². The maximum atomic E-state index is 11.9. The van der Waals surface area contributed by atoms with Crippen molar-refractivity contribution in [2.45, 2.75) is 0 Å². The van der Waals surface area contributed by atoms with Crippen molar-refractivity contribution in [2.24, 2.45) is 0 Å². The van der Waals surface area contributed by atoms with Crippen LogP contribution in [0, 0.1) is 0 Å². The number of carbonyl (C=O) groups is 1. The minimum Gasteiger partial charge on any atom is -0.463 e. The summed E-state index contributed by atoms with van der Waals surface area (Å²) in [6, 6.07) is 5.21. The van der Waals surface area contributed by atoms with Crippen LogP contribution in [0.4, 0.5) is 0 Å². The fourth-order valence-electron chi connectivity index (χ4n) is 1.38. The predicted molar refractivity (Wildman–Crippen MR) is 65.3 cm³/mol. The average molecular weight is 279 g/mol. The lowest BCUT2D eigenvalue weighted by Gasteiger charge is -1.98. The molecule has 0 aliphatic heterocycles. The summed E-state index contributed by atoms with van der Waals surface area (Å²) in [5.74, 6) is 0. The van der Waals surface area contributed by atoms with Gasteiger partial charge in [0.25, 0.3) is 0 Å². The lowest BCUT2D eigenvalue weighted by molar-refractivity contribution is -0.104. The first kappa shape index (κ1) is 10.8. The number of allylic oxidation sites excluding steroid dienone is 1. The average Bonchev–Trinajstić information content (AvgIpc) is 2.29. The molecule has 0 fully saturated rings. The molecule has 0 aliphatic rings. The number of fused-ring (bicyclic) bond motifs is 1. The molecule has 2 aromatic rings. The summed E-state index contributed by atoms with van der Waals surface area (Å²) in [6.45, 7) is 0. The van der Waals surface area contributed by atoms with Crippen molar-refractivity contribution in [3.63, 3.8) is 0 Å². The minimum absolute atomic E-state index is 0.152. The number of hydrogen-bond acceptors (Lipinski definition) is 3. The molecule has 0 saturated heterocycles. The maximum absolute atomic E-state index is 11.9. The fraction of sp³-hybridized carbons (Fsp3) is 0. The van der Waals surface area contributed by atoms with E-state index in [0.29, 0.717) is 22.8 Å². The van der Waals surface area contributed by atoms with Crippen LogP contribution in [0.1, 0.15) is 5.56 Å². The van der Waals surface area contributed by atoms with Gasteiger partial charge in [0.1, 0.15) is 18.1 Å². The lowest BCUT2D eigenvalue weighted by atomic mass is 10.1. The number of hydrogen-bond donors (Lipinski definition) is 0. The zero-order valence-corrected chi connectivity index (χ0v) is 9.73. The summed E-state index contributed by atoms with van der Waals surface area (Å²) in [4.78, 5) is 22.1. The molecule has 0 saturated carbocycles. The number of carbonyl (C=O) groups excluding carboxylic acids is 1. The van der Waals surface area contributed by atoms with E-state index in [1.165, 1.54) is 18.4 Å². The van der Waals surface area contributed by atoms with Gasteiger partial charge in [-0.15, -0.1) is 0 Å². The Hall–Kier alpha value is -1.68. The van der Waals surface area contributed by atoms with E-state index in [4.69, 9.17) is 4.42 Å². The molecule has 0 spiro atoms. The number of rotatable bonds is 2. The van der Waals surface area contributed by atoms with Crippen LogP contribution in [0.3, 0.4) is 0 Å². The maximum Gasteiger partial charge on any atom is 0.199 e. The van der Waals surface area contributed by atoms with Gasteiger partial charge in [-0.05, 0) is 30.4 Å². The molecular formula is C12H7BrO3. The van der Waals surface area contributed by atoms with Crippen LogP contribution in [0.5, 0.6) is 0 Å². The van der Waals surface area contributed by atoms with Crippen molar-refractivity contribution < 1.29 is 9.21 Å². The summed E-state index contributed by atoms with van der Waals surface area (Å²) in [7, 11) is 0. The molecule has 80 valence electrons. The largest absolute Gasteiger partial charge is 0.463 e. The van der Waals surface area contributed by atoms with Crippen molar-refractivity contribution in [1.29, 1.82) is 0 Å². The summed E-state index contributed by atoms with van der Waals surface area (Å²) in [6.07, 6.45) is 4.65. The van der Waals surface area contributed by atoms with Gasteiger partial charge in [-0.3, -0.25) is 9.59 Å². The molecule has 1 heterocycles. The Balaban J connectivity index is 2.73. The molecule has 4 heteroatoms. The van der Waals surface area contributed by atoms with E-state index in [1.54, 1.807) is 18.2 Å². The third-order valence-corrected chi connectivity index (χ3v) is 2.61. The Morgan fingerprint density at radius 1 is 1.31 bits per heavy atom. The monoisotopic (exact) mass is 278 g/mol. The fourth-order valence-corrected chi connectivity index (χ4v) is 1.74. The molecule has 0 N–H and O–H groups in total. The Kier molecular flexibility index (Phi) is 3.01. The first-order valence-corrected chi connectivity index (χ1v) is 5.34. The topological polar surface area (TPSA) is 47.3 Å². The van der Waals surface area contributed by atoms with Gasteiger partial charge in [0.05, 0.1) is 10.9 Å². The minimum atomic E-state index is -0.152. The van der Waals surface area contributed by atoms with E-state index in [1.807, 2.05) is 0 Å². The second-order valence-electron chi connectivity index (χ2n) is 3.16. The molecule has 1 aromatic heterocycles. The summed E-state index contributed by atoms with van der Waals surface area (Å²) in [5, 5.41) is 0.488. The van der Waals surface area contributed by atoms with Gasteiger partial charge < -0.3 is 4.42 Å². The van der Waals surface area contributed by atoms with Gasteiger partial charge >= 0.3 is 0 Å². The van der Waals surface area contributed by atoms with Crippen molar-refractivity contribution in [2.75, 3.05) is 0 Å². The molecule has 1 aromatic carbocycles. The predicted octanol–water partition coefficient (Wildman–Crippen LogP) is 2.77. The van der Waals surface area contributed by atoms with Crippen LogP contribution in [-0.2, 0) is 4.79 Å². The molecule has 16 heavy (non-hydrogen) atoms. The molecule has 0 unspecified atom stereocenters. The normalized spacial score (nSPS) is 11.1. The number of halogens is 1. The molecular weight excluding hydrogens is 272 g/mol. The zero-order valence-electron chi connectivity index (χ0n) is 8.14. The van der Waals surface area contributed by atoms with Gasteiger partial charge in [0.15, 0.2) is 5.43 Å². The quantitative estimate of drug-likeness (QED) is 0.627. The van der Waals surface area contributed by atoms with Crippen molar-refractivity contribution in [1.82, 2.24) is 0 Å². The first-order valence-electron chi connectivity index (χ1n) is 4.55. The third kappa shape index (κ3) is 1.97. The Morgan fingerprint density at radius 2 is 2.12 bits per heavy atom. The Morgan fingerprint density at radius 3 is 2.88 bits per heavy atom. The standard InChI is InChI=1S/C12H7BrO3/c13-9-3-4-11-10(6-9)12(15)8(7-16-11)2-1-5-14/h1-7H. The zero-order chi connectivity index (χ0) is 11.5. The molecule has 0 amide bonds. The van der Waals surface area contributed by atoms with Crippen LogP contribution in [0.25, 0.3) is 17.0 Å². The van der Waals surface area contributed by atoms with E-state index >= 15 is 0 Å². The van der Waals surface area contributed by atoms with Gasteiger partial charge in [0, 0.05) is 4.47 Å². The van der Waals surface area contributed by atoms with Crippen molar-refractivity contribution >= 4 is 39.3 Å². The summed E-state index contributed by atoms with van der Waals surface area (Å²) >= 11 is 3.29. The molecule has 3 nitrogen and oxygen atoms in total. The highest BCUT2D eigenvalue weighted by atomic mass is 79.9. The van der Waals surface area contributed by atoms with Crippen LogP contribution in [-0.4, -0.2) is 6.29 Å². The molecule has 2 rings (SSSR count). The third-order valence-electron chi connectivity index (χ3n) is 2.12. The van der Waals surface area contributed by atoms with E-state index in [-0.39, 0.29) is 5.43 Å². The van der Waals surface area contributed by atoms with Crippen LogP contribution < -0.4 is 5.43 Å². The van der Waals surface area contributed by atoms with Crippen LogP contribution in [0.2, 0.25) is 0 Å². The highest BCUT2D eigenvalue weighted by Crippen LogP contribution is 2.17. The van der Waals surface area contributed by atoms with E-state index in [0.717, 1.165) is 4.47 Å². The van der Waals surface area contributed by atoms with Crippen molar-refractivity contribution in [3.8, 4) is 0 Å². The molecule has 0 radical (unpaired) electrons. The molecule has 0 atom stereocenters. The lowest BCUT2D eigenvalue weighted by Crippen LogP contribution is -2.04. The van der Waals surface area contributed by atoms with Gasteiger partial charge in [-0.25, -0.2) is 0 Å².